The lowest BCUT2D eigenvalue weighted by atomic mass is 9.96. The third-order valence-corrected chi connectivity index (χ3v) is 4.21. The van der Waals surface area contributed by atoms with Crippen molar-refractivity contribution >= 4 is 29.5 Å². The van der Waals surface area contributed by atoms with Gasteiger partial charge in [0.1, 0.15) is 0 Å². The summed E-state index contributed by atoms with van der Waals surface area (Å²) in [4.78, 5) is 28.1. The molecule has 8 heteroatoms. The predicted molar refractivity (Wildman–Crippen MR) is 81.2 cm³/mol. The van der Waals surface area contributed by atoms with E-state index in [1.807, 2.05) is 18.7 Å². The summed E-state index contributed by atoms with van der Waals surface area (Å²) in [6.07, 6.45) is 3.21. The average Bonchev–Trinajstić information content (AvgIpc) is 3.01. The molecule has 2 heterocycles. The Morgan fingerprint density at radius 2 is 2.24 bits per heavy atom. The molecular weight excluding hydrogens is 290 g/mol. The molecule has 0 saturated carbocycles. The highest BCUT2D eigenvalue weighted by atomic mass is 32.1. The van der Waals surface area contributed by atoms with E-state index >= 15 is 0 Å². The number of hydrogen-bond donors (Lipinski definition) is 1. The molecule has 1 aromatic heterocycles. The number of likely N-dealkylation sites (tertiary alicyclic amines) is 1. The van der Waals surface area contributed by atoms with Crippen molar-refractivity contribution in [2.75, 3.05) is 31.5 Å². The van der Waals surface area contributed by atoms with Crippen molar-refractivity contribution in [1.82, 2.24) is 18.5 Å². The van der Waals surface area contributed by atoms with Gasteiger partial charge in [0.05, 0.1) is 23.8 Å². The fraction of sp³-hybridized carbons (Fsp3) is 0.692. The van der Waals surface area contributed by atoms with Crippen LogP contribution in [0.4, 0.5) is 10.6 Å². The molecule has 116 valence electrons. The number of nitrogens with zero attached hydrogens (tertiary/aromatic N) is 4. The Hall–Kier alpha value is -1.70. The van der Waals surface area contributed by atoms with Gasteiger partial charge in [-0.15, -0.1) is 0 Å². The third kappa shape index (κ3) is 3.90. The van der Waals surface area contributed by atoms with E-state index in [9.17, 15) is 9.59 Å². The molecule has 0 bridgehead atoms. The van der Waals surface area contributed by atoms with Gasteiger partial charge in [0.25, 0.3) is 0 Å². The lowest BCUT2D eigenvalue weighted by Crippen LogP contribution is -2.48. The molecule has 1 fully saturated rings. The maximum absolute atomic E-state index is 12.4. The number of rotatable bonds is 4. The molecule has 1 N–H and O–H groups in total. The van der Waals surface area contributed by atoms with Gasteiger partial charge < -0.3 is 9.80 Å². The molecule has 0 aliphatic carbocycles. The maximum atomic E-state index is 12.4. The van der Waals surface area contributed by atoms with Gasteiger partial charge in [-0.1, -0.05) is 0 Å². The molecule has 2 rings (SSSR count). The summed E-state index contributed by atoms with van der Waals surface area (Å²) in [6, 6.07) is -0.209. The smallest absolute Gasteiger partial charge is 0.323 e. The van der Waals surface area contributed by atoms with E-state index in [1.165, 1.54) is 6.20 Å². The molecule has 0 radical (unpaired) electrons. The fourth-order valence-corrected chi connectivity index (χ4v) is 2.94. The van der Waals surface area contributed by atoms with E-state index in [0.29, 0.717) is 32.0 Å². The molecule has 3 amide bonds. The summed E-state index contributed by atoms with van der Waals surface area (Å²) >= 11 is 1.05. The second-order valence-corrected chi connectivity index (χ2v) is 5.58. The summed E-state index contributed by atoms with van der Waals surface area (Å²) in [5, 5.41) is 2.71. The highest BCUT2D eigenvalue weighted by Gasteiger charge is 2.30. The van der Waals surface area contributed by atoms with Crippen molar-refractivity contribution in [3.8, 4) is 0 Å². The number of aromatic nitrogens is 2. The minimum Gasteiger partial charge on any atom is -0.343 e. The Kier molecular flexibility index (Phi) is 5.49. The largest absolute Gasteiger partial charge is 0.343 e. The highest BCUT2D eigenvalue weighted by Crippen LogP contribution is 2.19. The van der Waals surface area contributed by atoms with E-state index in [4.69, 9.17) is 0 Å². The van der Waals surface area contributed by atoms with Crippen molar-refractivity contribution in [1.29, 1.82) is 0 Å². The second-order valence-electron chi connectivity index (χ2n) is 5.02. The molecule has 0 aromatic carbocycles. The number of anilines is 1. The first-order chi connectivity index (χ1) is 10.2. The predicted octanol–water partition coefficient (Wildman–Crippen LogP) is 1.65. The zero-order chi connectivity index (χ0) is 15.2. The van der Waals surface area contributed by atoms with Crippen LogP contribution in [-0.4, -0.2) is 56.7 Å². The van der Waals surface area contributed by atoms with E-state index in [2.05, 4.69) is 14.1 Å². The quantitative estimate of drug-likeness (QED) is 0.917. The summed E-state index contributed by atoms with van der Waals surface area (Å²) in [7, 11) is 0. The minimum atomic E-state index is -0.209. The summed E-state index contributed by atoms with van der Waals surface area (Å²) in [6.45, 7) is 6.52. The van der Waals surface area contributed by atoms with Crippen molar-refractivity contribution in [2.24, 2.45) is 5.92 Å². The zero-order valence-corrected chi connectivity index (χ0v) is 13.2. The van der Waals surface area contributed by atoms with Gasteiger partial charge in [-0.3, -0.25) is 10.1 Å². The zero-order valence-electron chi connectivity index (χ0n) is 12.4. The first kappa shape index (κ1) is 15.7. The van der Waals surface area contributed by atoms with Gasteiger partial charge in [-0.05, 0) is 26.7 Å². The Morgan fingerprint density at radius 1 is 1.48 bits per heavy atom. The molecule has 1 aliphatic rings. The number of piperidine rings is 1. The topological polar surface area (TPSA) is 78.4 Å². The average molecular weight is 311 g/mol. The lowest BCUT2D eigenvalue weighted by molar-refractivity contribution is -0.136. The van der Waals surface area contributed by atoms with Gasteiger partial charge in [0.2, 0.25) is 5.91 Å². The van der Waals surface area contributed by atoms with Crippen molar-refractivity contribution in [3.63, 3.8) is 0 Å². The number of urea groups is 1. The van der Waals surface area contributed by atoms with Crippen LogP contribution in [-0.2, 0) is 4.79 Å². The summed E-state index contributed by atoms with van der Waals surface area (Å²) in [5.41, 5.74) is 0. The first-order valence-electron chi connectivity index (χ1n) is 7.28. The van der Waals surface area contributed by atoms with Crippen LogP contribution >= 0.6 is 11.7 Å². The molecule has 7 nitrogen and oxygen atoms in total. The van der Waals surface area contributed by atoms with Gasteiger partial charge in [-0.2, -0.15) is 8.75 Å². The van der Waals surface area contributed by atoms with E-state index in [1.54, 1.807) is 4.90 Å². The third-order valence-electron chi connectivity index (χ3n) is 3.73. The molecule has 0 spiro atoms. The molecule has 1 aliphatic heterocycles. The summed E-state index contributed by atoms with van der Waals surface area (Å²) < 4.78 is 7.80. The molecule has 0 unspecified atom stereocenters. The SMILES string of the molecule is CCN(CC)C(=O)[C@H]1CCCN(C(=O)Nc2cnsn2)C1. The van der Waals surface area contributed by atoms with E-state index in [0.717, 1.165) is 24.6 Å². The van der Waals surface area contributed by atoms with Gasteiger partial charge >= 0.3 is 6.03 Å². The number of nitrogens with one attached hydrogen (secondary N) is 1. The van der Waals surface area contributed by atoms with Crippen molar-refractivity contribution < 1.29 is 9.59 Å². The van der Waals surface area contributed by atoms with Gasteiger partial charge in [0.15, 0.2) is 5.82 Å². The van der Waals surface area contributed by atoms with Crippen molar-refractivity contribution in [2.45, 2.75) is 26.7 Å². The van der Waals surface area contributed by atoms with Crippen LogP contribution < -0.4 is 5.32 Å². The van der Waals surface area contributed by atoms with Crippen LogP contribution in [0.1, 0.15) is 26.7 Å². The molecule has 21 heavy (non-hydrogen) atoms. The minimum absolute atomic E-state index is 0.0991. The van der Waals surface area contributed by atoms with Crippen LogP contribution in [0.5, 0.6) is 0 Å². The van der Waals surface area contributed by atoms with Crippen LogP contribution in [0.25, 0.3) is 0 Å². The molecular formula is C13H21N5O2S. The second kappa shape index (κ2) is 7.35. The fourth-order valence-electron chi connectivity index (χ4n) is 2.56. The maximum Gasteiger partial charge on any atom is 0.323 e. The number of carbonyl (C=O) groups excluding carboxylic acids is 2. The van der Waals surface area contributed by atoms with Crippen molar-refractivity contribution in [3.05, 3.63) is 6.20 Å². The number of hydrogen-bond acceptors (Lipinski definition) is 5. The molecule has 1 saturated heterocycles. The van der Waals surface area contributed by atoms with Crippen LogP contribution in [0, 0.1) is 5.92 Å². The summed E-state index contributed by atoms with van der Waals surface area (Å²) in [5.74, 6) is 0.507. The van der Waals surface area contributed by atoms with Crippen LogP contribution in [0.3, 0.4) is 0 Å². The Balaban J connectivity index is 1.93. The monoisotopic (exact) mass is 311 g/mol. The molecule has 1 atom stereocenters. The molecule has 1 aromatic rings. The highest BCUT2D eigenvalue weighted by molar-refractivity contribution is 6.99. The Bertz CT molecular complexity index is 475. The van der Waals surface area contributed by atoms with Gasteiger partial charge in [-0.25, -0.2) is 4.79 Å². The van der Waals surface area contributed by atoms with Gasteiger partial charge in [0, 0.05) is 26.2 Å². The standard InChI is InChI=1S/C13H21N5O2S/c1-3-17(4-2)12(19)10-6-5-7-18(9-10)13(20)15-11-8-14-21-16-11/h8,10H,3-7,9H2,1-2H3,(H,15,16,20)/t10-/m0/s1. The normalized spacial score (nSPS) is 18.4. The van der Waals surface area contributed by atoms with E-state index in [-0.39, 0.29) is 17.9 Å². The van der Waals surface area contributed by atoms with E-state index < -0.39 is 0 Å². The van der Waals surface area contributed by atoms with Crippen LogP contribution in [0.2, 0.25) is 0 Å². The van der Waals surface area contributed by atoms with Crippen LogP contribution in [0.15, 0.2) is 6.20 Å². The lowest BCUT2D eigenvalue weighted by Gasteiger charge is -2.34. The first-order valence-corrected chi connectivity index (χ1v) is 8.01. The number of amides is 3. The Morgan fingerprint density at radius 3 is 2.86 bits per heavy atom. The Labute approximate surface area is 128 Å². The number of carbonyl (C=O) groups is 2.